The van der Waals surface area contributed by atoms with Crippen molar-refractivity contribution in [3.63, 3.8) is 0 Å². The van der Waals surface area contributed by atoms with E-state index in [1.807, 2.05) is 6.07 Å². The Morgan fingerprint density at radius 3 is 2.48 bits per heavy atom. The Balaban J connectivity index is 1.44. The molecular formula is C16H22N2O2S. The lowest BCUT2D eigenvalue weighted by atomic mass is 10.0. The number of rotatable bonds is 4. The first-order valence-electron chi connectivity index (χ1n) is 7.54. The molecule has 3 rings (SSSR count). The Labute approximate surface area is 126 Å². The smallest absolute Gasteiger partial charge is 0.173 e. The van der Waals surface area contributed by atoms with Gasteiger partial charge in [-0.15, -0.1) is 0 Å². The average Bonchev–Trinajstić information content (AvgIpc) is 2.81. The molecule has 2 aliphatic heterocycles. The van der Waals surface area contributed by atoms with Crippen LogP contribution in [-0.4, -0.2) is 44.2 Å². The molecule has 0 amide bonds. The summed E-state index contributed by atoms with van der Waals surface area (Å²) in [5, 5.41) is 4.81. The molecule has 1 fully saturated rings. The maximum Gasteiger partial charge on any atom is 0.173 e. The van der Waals surface area contributed by atoms with Crippen LogP contribution in [-0.2, 0) is 16.4 Å². The zero-order valence-electron chi connectivity index (χ0n) is 12.1. The number of hydrogen-bond donors (Lipinski definition) is 1. The van der Waals surface area contributed by atoms with Gasteiger partial charge >= 0.3 is 0 Å². The van der Waals surface area contributed by atoms with Gasteiger partial charge in [0, 0.05) is 24.0 Å². The second-order valence-corrected chi connectivity index (χ2v) is 7.90. The van der Waals surface area contributed by atoms with Crippen LogP contribution < -0.4 is 5.32 Å². The van der Waals surface area contributed by atoms with Gasteiger partial charge in [-0.3, -0.25) is 4.90 Å². The van der Waals surface area contributed by atoms with E-state index in [0.29, 0.717) is 6.04 Å². The Kier molecular flexibility index (Phi) is 4.42. The molecule has 1 N–H and O–H groups in total. The summed E-state index contributed by atoms with van der Waals surface area (Å²) in [4.78, 5) is 2.47. The van der Waals surface area contributed by atoms with Crippen molar-refractivity contribution < 1.29 is 8.42 Å². The minimum absolute atomic E-state index is 0.000623. The van der Waals surface area contributed by atoms with Crippen LogP contribution in [0.25, 0.3) is 0 Å². The zero-order valence-corrected chi connectivity index (χ0v) is 12.9. The summed E-state index contributed by atoms with van der Waals surface area (Å²) < 4.78 is 22.8. The third-order valence-electron chi connectivity index (χ3n) is 4.22. The van der Waals surface area contributed by atoms with Crippen molar-refractivity contribution in [3.8, 4) is 0 Å². The summed E-state index contributed by atoms with van der Waals surface area (Å²) >= 11 is 0. The molecule has 114 valence electrons. The van der Waals surface area contributed by atoms with E-state index in [0.717, 1.165) is 32.5 Å². The van der Waals surface area contributed by atoms with E-state index in [-0.39, 0.29) is 11.8 Å². The fraction of sp³-hybridized carbons (Fsp3) is 0.500. The first-order valence-corrected chi connectivity index (χ1v) is 9.25. The average molecular weight is 306 g/mol. The van der Waals surface area contributed by atoms with Gasteiger partial charge in [0.05, 0.1) is 5.75 Å². The standard InChI is InChI=1S/C16H22N2O2S/c19-21(20)11-8-16(13-21)17-15-6-9-18(10-7-15)12-14-4-2-1-3-5-14/h1-5,8,11,15-17H,6-7,9-10,12-13H2. The van der Waals surface area contributed by atoms with E-state index in [9.17, 15) is 8.42 Å². The van der Waals surface area contributed by atoms with E-state index >= 15 is 0 Å². The van der Waals surface area contributed by atoms with Crippen molar-refractivity contribution in [2.75, 3.05) is 18.8 Å². The molecule has 0 saturated carbocycles. The first-order chi connectivity index (χ1) is 10.1. The van der Waals surface area contributed by atoms with Crippen molar-refractivity contribution in [3.05, 3.63) is 47.4 Å². The van der Waals surface area contributed by atoms with Crippen LogP contribution in [0.1, 0.15) is 18.4 Å². The number of hydrogen-bond acceptors (Lipinski definition) is 4. The van der Waals surface area contributed by atoms with Gasteiger partial charge in [-0.1, -0.05) is 36.4 Å². The van der Waals surface area contributed by atoms with E-state index in [1.54, 1.807) is 6.08 Å². The van der Waals surface area contributed by atoms with E-state index < -0.39 is 9.84 Å². The number of sulfone groups is 1. The van der Waals surface area contributed by atoms with Gasteiger partial charge in [-0.2, -0.15) is 0 Å². The largest absolute Gasteiger partial charge is 0.307 e. The second kappa shape index (κ2) is 6.30. The van der Waals surface area contributed by atoms with Crippen molar-refractivity contribution >= 4 is 9.84 Å². The highest BCUT2D eigenvalue weighted by molar-refractivity contribution is 7.94. The van der Waals surface area contributed by atoms with E-state index in [4.69, 9.17) is 0 Å². The van der Waals surface area contributed by atoms with Gasteiger partial charge in [0.15, 0.2) is 9.84 Å². The molecule has 4 nitrogen and oxygen atoms in total. The van der Waals surface area contributed by atoms with Gasteiger partial charge in [0.2, 0.25) is 0 Å². The van der Waals surface area contributed by atoms with Crippen LogP contribution in [0.3, 0.4) is 0 Å². The Bertz CT molecular complexity index is 590. The second-order valence-electron chi connectivity index (χ2n) is 5.97. The summed E-state index contributed by atoms with van der Waals surface area (Å²) in [6.45, 7) is 3.14. The molecule has 0 radical (unpaired) electrons. The molecule has 21 heavy (non-hydrogen) atoms. The van der Waals surface area contributed by atoms with Gasteiger partial charge in [-0.05, 0) is 31.5 Å². The molecule has 1 atom stereocenters. The Morgan fingerprint density at radius 1 is 1.14 bits per heavy atom. The molecule has 1 unspecified atom stereocenters. The summed E-state index contributed by atoms with van der Waals surface area (Å²) in [6.07, 6.45) is 3.94. The molecule has 5 heteroatoms. The minimum atomic E-state index is -2.95. The predicted molar refractivity (Wildman–Crippen MR) is 84.6 cm³/mol. The Hall–Kier alpha value is -1.17. The normalized spacial score (nSPS) is 26.2. The van der Waals surface area contributed by atoms with Crippen LogP contribution in [0.5, 0.6) is 0 Å². The predicted octanol–water partition coefficient (Wildman–Crippen LogP) is 1.55. The first kappa shape index (κ1) is 14.8. The summed E-state index contributed by atoms with van der Waals surface area (Å²) in [5.74, 6) is 0.219. The topological polar surface area (TPSA) is 49.4 Å². The number of nitrogens with zero attached hydrogens (tertiary/aromatic N) is 1. The molecule has 0 aromatic heterocycles. The highest BCUT2D eigenvalue weighted by atomic mass is 32.2. The monoisotopic (exact) mass is 306 g/mol. The number of benzene rings is 1. The quantitative estimate of drug-likeness (QED) is 0.917. The van der Waals surface area contributed by atoms with E-state index in [1.165, 1.54) is 11.0 Å². The van der Waals surface area contributed by atoms with Crippen molar-refractivity contribution in [2.24, 2.45) is 0 Å². The number of piperidine rings is 1. The fourth-order valence-electron chi connectivity index (χ4n) is 3.08. The number of nitrogens with one attached hydrogen (secondary N) is 1. The van der Waals surface area contributed by atoms with Crippen LogP contribution in [0.2, 0.25) is 0 Å². The zero-order chi connectivity index (χ0) is 14.7. The van der Waals surface area contributed by atoms with Crippen LogP contribution in [0, 0.1) is 0 Å². The number of likely N-dealkylation sites (tertiary alicyclic amines) is 1. The van der Waals surface area contributed by atoms with Crippen molar-refractivity contribution in [1.82, 2.24) is 10.2 Å². The lowest BCUT2D eigenvalue weighted by Crippen LogP contribution is -2.46. The van der Waals surface area contributed by atoms with Gasteiger partial charge in [0.1, 0.15) is 0 Å². The summed E-state index contributed by atoms with van der Waals surface area (Å²) in [7, 11) is -2.95. The minimum Gasteiger partial charge on any atom is -0.307 e. The van der Waals surface area contributed by atoms with Gasteiger partial charge in [-0.25, -0.2) is 8.42 Å². The maximum atomic E-state index is 11.4. The molecular weight excluding hydrogens is 284 g/mol. The lowest BCUT2D eigenvalue weighted by Gasteiger charge is -2.33. The molecule has 1 aromatic carbocycles. The molecule has 2 heterocycles. The third-order valence-corrected chi connectivity index (χ3v) is 5.61. The summed E-state index contributed by atoms with van der Waals surface area (Å²) in [6, 6.07) is 11.0. The highest BCUT2D eigenvalue weighted by Crippen LogP contribution is 2.16. The lowest BCUT2D eigenvalue weighted by molar-refractivity contribution is 0.188. The summed E-state index contributed by atoms with van der Waals surface area (Å²) in [5.41, 5.74) is 1.36. The molecule has 0 bridgehead atoms. The molecule has 2 aliphatic rings. The SMILES string of the molecule is O=S1(=O)C=CC(NC2CCN(Cc3ccccc3)CC2)C1. The third kappa shape index (κ3) is 4.15. The van der Waals surface area contributed by atoms with Crippen LogP contribution >= 0.6 is 0 Å². The van der Waals surface area contributed by atoms with E-state index in [2.05, 4.69) is 34.5 Å². The molecule has 1 saturated heterocycles. The van der Waals surface area contributed by atoms with Crippen molar-refractivity contribution in [2.45, 2.75) is 31.5 Å². The highest BCUT2D eigenvalue weighted by Gasteiger charge is 2.26. The van der Waals surface area contributed by atoms with Crippen LogP contribution in [0.4, 0.5) is 0 Å². The van der Waals surface area contributed by atoms with Crippen LogP contribution in [0.15, 0.2) is 41.8 Å². The fourth-order valence-corrected chi connectivity index (χ4v) is 4.33. The van der Waals surface area contributed by atoms with Gasteiger partial charge in [0.25, 0.3) is 0 Å². The van der Waals surface area contributed by atoms with Crippen molar-refractivity contribution in [1.29, 1.82) is 0 Å². The maximum absolute atomic E-state index is 11.4. The van der Waals surface area contributed by atoms with Gasteiger partial charge < -0.3 is 5.32 Å². The molecule has 0 spiro atoms. The molecule has 0 aliphatic carbocycles. The molecule has 1 aromatic rings. The Morgan fingerprint density at radius 2 is 1.86 bits per heavy atom.